The lowest BCUT2D eigenvalue weighted by atomic mass is 9.59. The first-order valence-electron chi connectivity index (χ1n) is 7.82. The fourth-order valence-electron chi connectivity index (χ4n) is 3.54. The third-order valence-corrected chi connectivity index (χ3v) is 5.02. The van der Waals surface area contributed by atoms with Crippen LogP contribution in [0, 0.1) is 6.92 Å². The zero-order valence-corrected chi connectivity index (χ0v) is 12.7. The topological polar surface area (TPSA) is 38.0 Å². The number of rotatable bonds is 5. The number of aryl methyl sites for hydroxylation is 1. The maximum Gasteiger partial charge on any atom is 0.0347 e. The fourth-order valence-corrected chi connectivity index (χ4v) is 3.54. The Bertz CT molecular complexity index is 570. The molecular formula is C19H24N2. The minimum Gasteiger partial charge on any atom is -0.271 e. The lowest BCUT2D eigenvalue weighted by molar-refractivity contribution is 0.168. The Hall–Kier alpha value is -1.64. The predicted molar refractivity (Wildman–Crippen MR) is 88.0 cm³/mol. The number of hydrogen-bond donors (Lipinski definition) is 2. The summed E-state index contributed by atoms with van der Waals surface area (Å²) in [6, 6.07) is 19.9. The van der Waals surface area contributed by atoms with Gasteiger partial charge in [-0.25, -0.2) is 0 Å². The molecule has 1 saturated carbocycles. The molecule has 110 valence electrons. The number of nitrogens with two attached hydrogens (primary N) is 1. The van der Waals surface area contributed by atoms with E-state index in [4.69, 9.17) is 5.84 Å². The van der Waals surface area contributed by atoms with Crippen LogP contribution in [0.25, 0.3) is 0 Å². The van der Waals surface area contributed by atoms with E-state index in [1.807, 2.05) is 0 Å². The second-order valence-corrected chi connectivity index (χ2v) is 6.28. The first kappa shape index (κ1) is 14.3. The van der Waals surface area contributed by atoms with Gasteiger partial charge in [0.1, 0.15) is 0 Å². The number of hydrogen-bond acceptors (Lipinski definition) is 2. The quantitative estimate of drug-likeness (QED) is 0.650. The summed E-state index contributed by atoms with van der Waals surface area (Å²) >= 11 is 0. The van der Waals surface area contributed by atoms with Crippen molar-refractivity contribution >= 4 is 0 Å². The van der Waals surface area contributed by atoms with Gasteiger partial charge in [0.25, 0.3) is 0 Å². The van der Waals surface area contributed by atoms with Crippen LogP contribution in [0.1, 0.15) is 36.0 Å². The molecule has 0 heterocycles. The Morgan fingerprint density at radius 1 is 1.05 bits per heavy atom. The van der Waals surface area contributed by atoms with E-state index in [2.05, 4.69) is 66.9 Å². The van der Waals surface area contributed by atoms with Gasteiger partial charge in [-0.3, -0.25) is 11.3 Å². The van der Waals surface area contributed by atoms with Crippen molar-refractivity contribution in [3.63, 3.8) is 0 Å². The highest BCUT2D eigenvalue weighted by atomic mass is 15.2. The zero-order chi connectivity index (χ0) is 14.7. The van der Waals surface area contributed by atoms with Crippen LogP contribution < -0.4 is 11.3 Å². The summed E-state index contributed by atoms with van der Waals surface area (Å²) in [6.45, 7) is 2.12. The second kappa shape index (κ2) is 6.00. The fraction of sp³-hybridized carbons (Fsp3) is 0.368. The molecule has 2 aromatic carbocycles. The van der Waals surface area contributed by atoms with E-state index in [0.29, 0.717) is 0 Å². The van der Waals surface area contributed by atoms with Gasteiger partial charge in [-0.05, 0) is 37.3 Å². The summed E-state index contributed by atoms with van der Waals surface area (Å²) < 4.78 is 0. The Labute approximate surface area is 127 Å². The van der Waals surface area contributed by atoms with Gasteiger partial charge < -0.3 is 0 Å². The summed E-state index contributed by atoms with van der Waals surface area (Å²) in [5, 5.41) is 0. The van der Waals surface area contributed by atoms with E-state index < -0.39 is 0 Å². The lowest BCUT2D eigenvalue weighted by Gasteiger charge is -2.48. The van der Waals surface area contributed by atoms with Gasteiger partial charge in [-0.15, -0.1) is 0 Å². The molecule has 3 rings (SSSR count). The smallest absolute Gasteiger partial charge is 0.0347 e. The van der Waals surface area contributed by atoms with Gasteiger partial charge >= 0.3 is 0 Å². The predicted octanol–water partition coefficient (Wildman–Crippen LogP) is 3.49. The van der Waals surface area contributed by atoms with Gasteiger partial charge in [0.15, 0.2) is 0 Å². The van der Waals surface area contributed by atoms with Gasteiger partial charge in [0.05, 0.1) is 0 Å². The van der Waals surface area contributed by atoms with Gasteiger partial charge in [0.2, 0.25) is 0 Å². The van der Waals surface area contributed by atoms with Crippen molar-refractivity contribution in [3.05, 3.63) is 71.3 Å². The monoisotopic (exact) mass is 280 g/mol. The third kappa shape index (κ3) is 2.74. The second-order valence-electron chi connectivity index (χ2n) is 6.28. The summed E-state index contributed by atoms with van der Waals surface area (Å²) in [7, 11) is 0. The van der Waals surface area contributed by atoms with Crippen LogP contribution in [0.3, 0.4) is 0 Å². The first-order valence-corrected chi connectivity index (χ1v) is 7.82. The summed E-state index contributed by atoms with van der Waals surface area (Å²) in [5.74, 6) is 5.93. The van der Waals surface area contributed by atoms with Crippen molar-refractivity contribution in [1.29, 1.82) is 0 Å². The van der Waals surface area contributed by atoms with Crippen LogP contribution in [0.4, 0.5) is 0 Å². The molecule has 1 atom stereocenters. The van der Waals surface area contributed by atoms with Crippen LogP contribution in [0.2, 0.25) is 0 Å². The molecule has 3 N–H and O–H groups in total. The molecule has 1 unspecified atom stereocenters. The largest absolute Gasteiger partial charge is 0.271 e. The molecule has 2 aromatic rings. The molecule has 0 aliphatic heterocycles. The zero-order valence-electron chi connectivity index (χ0n) is 12.7. The summed E-state index contributed by atoms with van der Waals surface area (Å²) in [4.78, 5) is 0. The van der Waals surface area contributed by atoms with E-state index in [1.54, 1.807) is 0 Å². The number of nitrogens with one attached hydrogen (secondary N) is 1. The van der Waals surface area contributed by atoms with Crippen molar-refractivity contribution in [3.8, 4) is 0 Å². The highest BCUT2D eigenvalue weighted by Gasteiger charge is 2.44. The molecule has 1 aliphatic carbocycles. The normalized spacial score (nSPS) is 18.0. The number of hydrazine groups is 1. The Balaban J connectivity index is 1.85. The molecule has 0 spiro atoms. The Kier molecular flexibility index (Phi) is 4.09. The standard InChI is InChI=1S/C19H24N2/c1-15-8-10-16(11-9-15)14-18(21-20)19(12-5-13-19)17-6-3-2-4-7-17/h2-4,6-11,18,21H,5,12-14,20H2,1H3. The van der Waals surface area contributed by atoms with Gasteiger partial charge in [-0.1, -0.05) is 66.6 Å². The summed E-state index contributed by atoms with van der Waals surface area (Å²) in [6.07, 6.45) is 4.71. The highest BCUT2D eigenvalue weighted by Crippen LogP contribution is 2.47. The first-order chi connectivity index (χ1) is 10.2. The van der Waals surface area contributed by atoms with Crippen LogP contribution >= 0.6 is 0 Å². The molecule has 0 saturated heterocycles. The van der Waals surface area contributed by atoms with Gasteiger partial charge in [-0.2, -0.15) is 0 Å². The van der Waals surface area contributed by atoms with E-state index in [1.165, 1.54) is 36.0 Å². The minimum atomic E-state index is 0.195. The van der Waals surface area contributed by atoms with Crippen LogP contribution in [-0.4, -0.2) is 6.04 Å². The highest BCUT2D eigenvalue weighted by molar-refractivity contribution is 5.32. The van der Waals surface area contributed by atoms with Crippen LogP contribution in [-0.2, 0) is 11.8 Å². The molecule has 1 fully saturated rings. The molecular weight excluding hydrogens is 256 g/mol. The van der Waals surface area contributed by atoms with E-state index >= 15 is 0 Å². The minimum absolute atomic E-state index is 0.195. The van der Waals surface area contributed by atoms with E-state index in [0.717, 1.165) is 6.42 Å². The molecule has 21 heavy (non-hydrogen) atoms. The summed E-state index contributed by atoms with van der Waals surface area (Å²) in [5.41, 5.74) is 7.38. The number of benzene rings is 2. The molecule has 0 bridgehead atoms. The van der Waals surface area contributed by atoms with Crippen molar-refractivity contribution in [2.24, 2.45) is 5.84 Å². The van der Waals surface area contributed by atoms with Crippen molar-refractivity contribution in [1.82, 2.24) is 5.43 Å². The van der Waals surface area contributed by atoms with E-state index in [-0.39, 0.29) is 11.5 Å². The maximum absolute atomic E-state index is 5.93. The van der Waals surface area contributed by atoms with Crippen molar-refractivity contribution in [2.45, 2.75) is 44.1 Å². The molecule has 0 amide bonds. The van der Waals surface area contributed by atoms with Crippen molar-refractivity contribution < 1.29 is 0 Å². The van der Waals surface area contributed by atoms with Gasteiger partial charge in [0, 0.05) is 11.5 Å². The molecule has 2 heteroatoms. The molecule has 1 aliphatic rings. The molecule has 2 nitrogen and oxygen atoms in total. The average Bonchev–Trinajstić information content (AvgIpc) is 2.48. The molecule has 0 aromatic heterocycles. The average molecular weight is 280 g/mol. The lowest BCUT2D eigenvalue weighted by Crippen LogP contribution is -2.56. The van der Waals surface area contributed by atoms with Crippen LogP contribution in [0.5, 0.6) is 0 Å². The Morgan fingerprint density at radius 2 is 1.71 bits per heavy atom. The van der Waals surface area contributed by atoms with Crippen molar-refractivity contribution in [2.75, 3.05) is 0 Å². The van der Waals surface area contributed by atoms with E-state index in [9.17, 15) is 0 Å². The third-order valence-electron chi connectivity index (χ3n) is 5.02. The maximum atomic E-state index is 5.93. The Morgan fingerprint density at radius 3 is 2.24 bits per heavy atom. The molecule has 0 radical (unpaired) electrons. The van der Waals surface area contributed by atoms with Crippen LogP contribution in [0.15, 0.2) is 54.6 Å². The SMILES string of the molecule is Cc1ccc(CC(NN)C2(c3ccccc3)CCC2)cc1.